The van der Waals surface area contributed by atoms with Gasteiger partial charge in [-0.2, -0.15) is 0 Å². The van der Waals surface area contributed by atoms with E-state index < -0.39 is 4.92 Å². The molecule has 2 heterocycles. The van der Waals surface area contributed by atoms with E-state index in [1.807, 2.05) is 0 Å². The second-order valence-corrected chi connectivity index (χ2v) is 8.87. The topological polar surface area (TPSA) is 98.0 Å². The minimum atomic E-state index is -0.505. The zero-order valence-electron chi connectivity index (χ0n) is 15.2. The van der Waals surface area contributed by atoms with Crippen molar-refractivity contribution >= 4 is 50.6 Å². The molecular formula is C19H18N4O3S2. The summed E-state index contributed by atoms with van der Waals surface area (Å²) in [5, 5.41) is 15.6. The number of para-hydroxylation sites is 2. The third kappa shape index (κ3) is 3.72. The van der Waals surface area contributed by atoms with Crippen LogP contribution < -0.4 is 5.32 Å². The van der Waals surface area contributed by atoms with E-state index in [1.165, 1.54) is 40.7 Å². The minimum absolute atomic E-state index is 0.119. The molecule has 0 unspecified atom stereocenters. The van der Waals surface area contributed by atoms with Crippen LogP contribution in [0.5, 0.6) is 0 Å². The fourth-order valence-corrected chi connectivity index (χ4v) is 5.66. The van der Waals surface area contributed by atoms with Crippen molar-refractivity contribution in [2.24, 2.45) is 5.92 Å². The summed E-state index contributed by atoms with van der Waals surface area (Å²) in [6, 6.07) is 6.12. The van der Waals surface area contributed by atoms with Gasteiger partial charge in [0.2, 0.25) is 5.91 Å². The fourth-order valence-electron chi connectivity index (χ4n) is 3.41. The van der Waals surface area contributed by atoms with Crippen molar-refractivity contribution in [2.45, 2.75) is 31.2 Å². The van der Waals surface area contributed by atoms with Crippen LogP contribution in [0.15, 0.2) is 35.6 Å². The second-order valence-electron chi connectivity index (χ2n) is 6.82. The Morgan fingerprint density at radius 3 is 3.04 bits per heavy atom. The number of amides is 1. The number of nitro benzene ring substituents is 1. The number of nitrogens with one attached hydrogen (secondary N) is 1. The molecule has 7 nitrogen and oxygen atoms in total. The van der Waals surface area contributed by atoms with Crippen LogP contribution in [0.25, 0.3) is 10.2 Å². The van der Waals surface area contributed by atoms with Gasteiger partial charge in [-0.3, -0.25) is 14.9 Å². The number of hydrogen-bond acceptors (Lipinski definition) is 7. The highest BCUT2D eigenvalue weighted by atomic mass is 32.2. The van der Waals surface area contributed by atoms with E-state index in [-0.39, 0.29) is 23.0 Å². The molecule has 0 bridgehead atoms. The maximum absolute atomic E-state index is 12.4. The van der Waals surface area contributed by atoms with Crippen LogP contribution in [0.1, 0.15) is 23.8 Å². The average molecular weight is 415 g/mol. The van der Waals surface area contributed by atoms with Crippen LogP contribution in [-0.2, 0) is 17.6 Å². The predicted octanol–water partition coefficient (Wildman–Crippen LogP) is 4.46. The van der Waals surface area contributed by atoms with Gasteiger partial charge >= 0.3 is 0 Å². The first kappa shape index (κ1) is 18.8. The molecule has 0 saturated carbocycles. The Kier molecular flexibility index (Phi) is 5.27. The predicted molar refractivity (Wildman–Crippen MR) is 111 cm³/mol. The smallest absolute Gasteiger partial charge is 0.292 e. The van der Waals surface area contributed by atoms with Crippen molar-refractivity contribution in [2.75, 3.05) is 11.1 Å². The van der Waals surface area contributed by atoms with E-state index in [0.717, 1.165) is 34.5 Å². The lowest BCUT2D eigenvalue weighted by Crippen LogP contribution is -2.15. The summed E-state index contributed by atoms with van der Waals surface area (Å²) in [6.45, 7) is 2.27. The molecule has 1 aromatic carbocycles. The van der Waals surface area contributed by atoms with Crippen LogP contribution in [0.3, 0.4) is 0 Å². The van der Waals surface area contributed by atoms with Gasteiger partial charge < -0.3 is 5.32 Å². The number of carbonyl (C=O) groups is 1. The first-order valence-corrected chi connectivity index (χ1v) is 10.7. The molecule has 0 radical (unpaired) electrons. The van der Waals surface area contributed by atoms with E-state index in [2.05, 4.69) is 22.2 Å². The summed E-state index contributed by atoms with van der Waals surface area (Å²) < 4.78 is 0. The van der Waals surface area contributed by atoms with Crippen LogP contribution in [0, 0.1) is 16.0 Å². The second kappa shape index (κ2) is 7.84. The van der Waals surface area contributed by atoms with Gasteiger partial charge in [-0.1, -0.05) is 30.8 Å². The Hall–Kier alpha value is -2.52. The van der Waals surface area contributed by atoms with Crippen molar-refractivity contribution in [3.8, 4) is 0 Å². The molecular weight excluding hydrogens is 396 g/mol. The summed E-state index contributed by atoms with van der Waals surface area (Å²) in [4.78, 5) is 34.1. The molecule has 0 fully saturated rings. The molecule has 0 spiro atoms. The third-order valence-corrected chi connectivity index (χ3v) is 6.92. The number of benzene rings is 1. The van der Waals surface area contributed by atoms with Gasteiger partial charge in [-0.25, -0.2) is 9.97 Å². The minimum Gasteiger partial charge on any atom is -0.320 e. The molecule has 4 rings (SSSR count). The Morgan fingerprint density at radius 2 is 2.21 bits per heavy atom. The van der Waals surface area contributed by atoms with Crippen molar-refractivity contribution in [3.63, 3.8) is 0 Å². The van der Waals surface area contributed by atoms with Crippen molar-refractivity contribution in [3.05, 3.63) is 51.1 Å². The number of anilines is 1. The molecule has 1 atom stereocenters. The maximum atomic E-state index is 12.4. The van der Waals surface area contributed by atoms with Crippen molar-refractivity contribution in [1.82, 2.24) is 9.97 Å². The number of nitrogens with zero attached hydrogens (tertiary/aromatic N) is 3. The number of aromatic nitrogens is 2. The van der Waals surface area contributed by atoms with Gasteiger partial charge in [0.15, 0.2) is 0 Å². The first-order valence-electron chi connectivity index (χ1n) is 8.94. The summed E-state index contributed by atoms with van der Waals surface area (Å²) in [5.74, 6) is 0.500. The van der Waals surface area contributed by atoms with E-state index in [4.69, 9.17) is 0 Å². The normalized spacial score (nSPS) is 16.0. The zero-order chi connectivity index (χ0) is 19.7. The molecule has 9 heteroatoms. The largest absolute Gasteiger partial charge is 0.320 e. The fraction of sp³-hybridized carbons (Fsp3) is 0.316. The number of aryl methyl sites for hydroxylation is 1. The highest BCUT2D eigenvalue weighted by Gasteiger charge is 2.23. The summed E-state index contributed by atoms with van der Waals surface area (Å²) in [6.07, 6.45) is 4.77. The summed E-state index contributed by atoms with van der Waals surface area (Å²) in [7, 11) is 0. The summed E-state index contributed by atoms with van der Waals surface area (Å²) >= 11 is 3.06. The average Bonchev–Trinajstić information content (AvgIpc) is 3.04. The quantitative estimate of drug-likeness (QED) is 0.287. The standard InChI is InChI=1S/C19H18N4O3S2/c1-11-6-7-12-15(8-11)28-19-17(12)18(20-10-21-19)27-9-16(24)22-13-4-2-3-5-14(13)23(25)26/h2-5,10-11H,6-9H2,1H3,(H,22,24)/t11-/m1/s1. The highest BCUT2D eigenvalue weighted by Crippen LogP contribution is 2.40. The number of thioether (sulfide) groups is 1. The van der Waals surface area contributed by atoms with E-state index >= 15 is 0 Å². The molecule has 144 valence electrons. The van der Waals surface area contributed by atoms with E-state index in [0.29, 0.717) is 5.92 Å². The Labute approximate surface area is 169 Å². The summed E-state index contributed by atoms with van der Waals surface area (Å²) in [5.41, 5.74) is 1.40. The highest BCUT2D eigenvalue weighted by molar-refractivity contribution is 8.00. The Balaban J connectivity index is 1.52. The van der Waals surface area contributed by atoms with Gasteiger partial charge in [0.05, 0.1) is 10.7 Å². The first-order chi connectivity index (χ1) is 13.5. The van der Waals surface area contributed by atoms with Crippen LogP contribution in [0.2, 0.25) is 0 Å². The number of nitro groups is 1. The molecule has 28 heavy (non-hydrogen) atoms. The van der Waals surface area contributed by atoms with Crippen LogP contribution in [0.4, 0.5) is 11.4 Å². The lowest BCUT2D eigenvalue weighted by atomic mass is 9.89. The third-order valence-electron chi connectivity index (χ3n) is 4.77. The molecule has 3 aromatic rings. The van der Waals surface area contributed by atoms with E-state index in [9.17, 15) is 14.9 Å². The SMILES string of the molecule is C[C@@H]1CCc2c(sc3ncnc(SCC(=O)Nc4ccccc4[N+](=O)[O-])c23)C1. The number of thiophene rings is 1. The van der Waals surface area contributed by atoms with Crippen molar-refractivity contribution < 1.29 is 9.72 Å². The van der Waals surface area contributed by atoms with Gasteiger partial charge in [0, 0.05) is 16.3 Å². The molecule has 2 aromatic heterocycles. The van der Waals surface area contributed by atoms with Gasteiger partial charge in [-0.05, 0) is 36.8 Å². The number of fused-ring (bicyclic) bond motifs is 3. The van der Waals surface area contributed by atoms with Crippen LogP contribution in [-0.4, -0.2) is 26.6 Å². The van der Waals surface area contributed by atoms with E-state index in [1.54, 1.807) is 23.5 Å². The van der Waals surface area contributed by atoms with Crippen molar-refractivity contribution in [1.29, 1.82) is 0 Å². The Morgan fingerprint density at radius 1 is 1.39 bits per heavy atom. The number of rotatable bonds is 5. The number of hydrogen-bond donors (Lipinski definition) is 1. The number of carbonyl (C=O) groups excluding carboxylic acids is 1. The monoisotopic (exact) mass is 414 g/mol. The van der Waals surface area contributed by atoms with Crippen LogP contribution >= 0.6 is 23.1 Å². The molecule has 0 aliphatic heterocycles. The van der Waals surface area contributed by atoms with Gasteiger partial charge in [0.1, 0.15) is 21.9 Å². The molecule has 1 aliphatic carbocycles. The van der Waals surface area contributed by atoms with Gasteiger partial charge in [0.25, 0.3) is 5.69 Å². The Bertz CT molecular complexity index is 1070. The molecule has 1 amide bonds. The molecule has 1 aliphatic rings. The maximum Gasteiger partial charge on any atom is 0.292 e. The molecule has 0 saturated heterocycles. The molecule has 1 N–H and O–H groups in total. The lowest BCUT2D eigenvalue weighted by Gasteiger charge is -2.18. The zero-order valence-corrected chi connectivity index (χ0v) is 16.8. The lowest BCUT2D eigenvalue weighted by molar-refractivity contribution is -0.383. The van der Waals surface area contributed by atoms with Gasteiger partial charge in [-0.15, -0.1) is 11.3 Å².